The molecule has 0 aromatic heterocycles. The third-order valence-electron chi connectivity index (χ3n) is 5.10. The van der Waals surface area contributed by atoms with Crippen LogP contribution in [0.2, 0.25) is 0 Å². The Hall–Kier alpha value is -2.77. The number of nitrogens with one attached hydrogen (secondary N) is 1. The number of fused-ring (bicyclic) bond motifs is 1. The van der Waals surface area contributed by atoms with E-state index >= 15 is 0 Å². The standard InChI is InChI=1S/C23H22N2O3S2/c1-29-22-12-6-5-11-20(22)23(26)24-18-14-13-17-8-7-15-25(21(17)16-18)30(27,28)19-9-3-2-4-10-19/h2-6,9-14,16H,7-8,15H2,1H3,(H,24,26). The molecule has 0 unspecified atom stereocenters. The van der Waals surface area contributed by atoms with Crippen molar-refractivity contribution in [1.82, 2.24) is 0 Å². The molecule has 7 heteroatoms. The van der Waals surface area contributed by atoms with Gasteiger partial charge in [-0.25, -0.2) is 8.42 Å². The molecule has 0 aliphatic carbocycles. The molecule has 3 aromatic rings. The second kappa shape index (κ2) is 8.53. The highest BCUT2D eigenvalue weighted by Gasteiger charge is 2.29. The minimum Gasteiger partial charge on any atom is -0.322 e. The smallest absolute Gasteiger partial charge is 0.264 e. The molecule has 3 aromatic carbocycles. The second-order valence-electron chi connectivity index (χ2n) is 6.99. The molecule has 1 amide bonds. The Bertz CT molecular complexity index is 1180. The number of hydrogen-bond acceptors (Lipinski definition) is 4. The number of hydrogen-bond donors (Lipinski definition) is 1. The largest absolute Gasteiger partial charge is 0.322 e. The predicted octanol–water partition coefficient (Wildman–Crippen LogP) is 4.80. The number of carbonyl (C=O) groups excluding carboxylic acids is 1. The van der Waals surface area contributed by atoms with Crippen molar-refractivity contribution in [1.29, 1.82) is 0 Å². The van der Waals surface area contributed by atoms with Gasteiger partial charge in [-0.15, -0.1) is 11.8 Å². The fourth-order valence-electron chi connectivity index (χ4n) is 3.62. The summed E-state index contributed by atoms with van der Waals surface area (Å²) < 4.78 is 27.9. The van der Waals surface area contributed by atoms with Crippen LogP contribution in [0.5, 0.6) is 0 Å². The first-order valence-electron chi connectivity index (χ1n) is 9.66. The number of carbonyl (C=O) groups is 1. The second-order valence-corrected chi connectivity index (χ2v) is 9.70. The minimum absolute atomic E-state index is 0.215. The average molecular weight is 439 g/mol. The lowest BCUT2D eigenvalue weighted by Crippen LogP contribution is -2.35. The summed E-state index contributed by atoms with van der Waals surface area (Å²) in [5.74, 6) is -0.215. The maximum Gasteiger partial charge on any atom is 0.264 e. The highest BCUT2D eigenvalue weighted by Crippen LogP contribution is 2.34. The van der Waals surface area contributed by atoms with E-state index < -0.39 is 10.0 Å². The average Bonchev–Trinajstić information content (AvgIpc) is 2.79. The summed E-state index contributed by atoms with van der Waals surface area (Å²) in [6, 6.07) is 21.3. The van der Waals surface area contributed by atoms with Crippen LogP contribution in [0.25, 0.3) is 0 Å². The number of sulfonamides is 1. The molecule has 4 rings (SSSR count). The topological polar surface area (TPSA) is 66.5 Å². The van der Waals surface area contributed by atoms with Crippen LogP contribution in [0.15, 0.2) is 82.6 Å². The first-order valence-corrected chi connectivity index (χ1v) is 12.3. The van der Waals surface area contributed by atoms with Crippen LogP contribution < -0.4 is 9.62 Å². The monoisotopic (exact) mass is 438 g/mol. The van der Waals surface area contributed by atoms with Crippen LogP contribution in [0.1, 0.15) is 22.3 Å². The Morgan fingerprint density at radius 3 is 2.50 bits per heavy atom. The van der Waals surface area contributed by atoms with Gasteiger partial charge in [0.05, 0.1) is 16.1 Å². The van der Waals surface area contributed by atoms with Crippen LogP contribution in [0, 0.1) is 0 Å². The predicted molar refractivity (Wildman–Crippen MR) is 122 cm³/mol. The van der Waals surface area contributed by atoms with Gasteiger partial charge in [-0.2, -0.15) is 0 Å². The lowest BCUT2D eigenvalue weighted by molar-refractivity contribution is 0.102. The molecule has 154 valence electrons. The fraction of sp³-hybridized carbons (Fsp3) is 0.174. The first kappa shape index (κ1) is 20.5. The molecule has 1 N–H and O–H groups in total. The number of nitrogens with zero attached hydrogens (tertiary/aromatic N) is 1. The fourth-order valence-corrected chi connectivity index (χ4v) is 5.77. The molecule has 0 spiro atoms. The van der Waals surface area contributed by atoms with Gasteiger partial charge in [0.15, 0.2) is 0 Å². The van der Waals surface area contributed by atoms with Crippen LogP contribution in [-0.4, -0.2) is 27.1 Å². The van der Waals surface area contributed by atoms with Gasteiger partial charge in [0.25, 0.3) is 15.9 Å². The molecule has 0 bridgehead atoms. The molecule has 0 saturated carbocycles. The van der Waals surface area contributed by atoms with E-state index in [4.69, 9.17) is 0 Å². The van der Waals surface area contributed by atoms with Gasteiger partial charge < -0.3 is 5.32 Å². The number of anilines is 2. The summed E-state index contributed by atoms with van der Waals surface area (Å²) in [6.45, 7) is 0.414. The van der Waals surface area contributed by atoms with E-state index in [1.54, 1.807) is 42.5 Å². The molecule has 1 aliphatic heterocycles. The quantitative estimate of drug-likeness (QED) is 0.581. The molecule has 0 saturated heterocycles. The van der Waals surface area contributed by atoms with E-state index in [0.29, 0.717) is 23.5 Å². The lowest BCUT2D eigenvalue weighted by atomic mass is 10.0. The summed E-state index contributed by atoms with van der Waals surface area (Å²) >= 11 is 1.51. The van der Waals surface area contributed by atoms with E-state index in [1.807, 2.05) is 36.6 Å². The van der Waals surface area contributed by atoms with E-state index in [1.165, 1.54) is 16.1 Å². The first-order chi connectivity index (χ1) is 14.5. The minimum atomic E-state index is -3.67. The number of thioether (sulfide) groups is 1. The van der Waals surface area contributed by atoms with Crippen molar-refractivity contribution < 1.29 is 13.2 Å². The van der Waals surface area contributed by atoms with Crippen molar-refractivity contribution in [3.05, 3.63) is 83.9 Å². The SMILES string of the molecule is CSc1ccccc1C(=O)Nc1ccc2c(c1)N(S(=O)(=O)c1ccccc1)CCC2. The lowest BCUT2D eigenvalue weighted by Gasteiger charge is -2.31. The van der Waals surface area contributed by atoms with Crippen molar-refractivity contribution in [2.24, 2.45) is 0 Å². The Morgan fingerprint density at radius 1 is 1.00 bits per heavy atom. The van der Waals surface area contributed by atoms with Gasteiger partial charge in [0.2, 0.25) is 0 Å². The summed E-state index contributed by atoms with van der Waals surface area (Å²) in [5, 5.41) is 2.92. The summed E-state index contributed by atoms with van der Waals surface area (Å²) in [7, 11) is -3.67. The van der Waals surface area contributed by atoms with Crippen LogP contribution in [-0.2, 0) is 16.4 Å². The van der Waals surface area contributed by atoms with Crippen molar-refractivity contribution in [2.45, 2.75) is 22.6 Å². The van der Waals surface area contributed by atoms with Crippen molar-refractivity contribution in [3.8, 4) is 0 Å². The molecule has 30 heavy (non-hydrogen) atoms. The Labute approximate surface area is 181 Å². The highest BCUT2D eigenvalue weighted by atomic mass is 32.2. The summed E-state index contributed by atoms with van der Waals surface area (Å²) in [4.78, 5) is 14.0. The summed E-state index contributed by atoms with van der Waals surface area (Å²) in [6.07, 6.45) is 3.49. The van der Waals surface area contributed by atoms with E-state index in [-0.39, 0.29) is 10.8 Å². The van der Waals surface area contributed by atoms with E-state index in [9.17, 15) is 13.2 Å². The third kappa shape index (κ3) is 3.95. The van der Waals surface area contributed by atoms with Crippen molar-refractivity contribution >= 4 is 39.1 Å². The zero-order chi connectivity index (χ0) is 21.1. The van der Waals surface area contributed by atoms with Crippen LogP contribution >= 0.6 is 11.8 Å². The van der Waals surface area contributed by atoms with Gasteiger partial charge in [-0.05, 0) is 61.1 Å². The van der Waals surface area contributed by atoms with Crippen LogP contribution in [0.3, 0.4) is 0 Å². The van der Waals surface area contributed by atoms with E-state index in [2.05, 4.69) is 5.32 Å². The molecule has 1 heterocycles. The van der Waals surface area contributed by atoms with Crippen LogP contribution in [0.4, 0.5) is 11.4 Å². The van der Waals surface area contributed by atoms with Gasteiger partial charge in [0.1, 0.15) is 0 Å². The Morgan fingerprint density at radius 2 is 1.73 bits per heavy atom. The third-order valence-corrected chi connectivity index (χ3v) is 7.73. The molecule has 1 aliphatic rings. The van der Waals surface area contributed by atoms with Crippen molar-refractivity contribution in [2.75, 3.05) is 22.4 Å². The summed E-state index contributed by atoms with van der Waals surface area (Å²) in [5.41, 5.74) is 2.76. The molecule has 5 nitrogen and oxygen atoms in total. The Balaban J connectivity index is 1.67. The number of aryl methyl sites for hydroxylation is 1. The molecule has 0 atom stereocenters. The van der Waals surface area contributed by atoms with E-state index in [0.717, 1.165) is 23.3 Å². The number of amides is 1. The van der Waals surface area contributed by atoms with Gasteiger partial charge in [0, 0.05) is 17.1 Å². The zero-order valence-electron chi connectivity index (χ0n) is 16.5. The van der Waals surface area contributed by atoms with Gasteiger partial charge in [-0.1, -0.05) is 36.4 Å². The maximum atomic E-state index is 13.2. The molecule has 0 fully saturated rings. The molecular weight excluding hydrogens is 416 g/mol. The van der Waals surface area contributed by atoms with Gasteiger partial charge in [-0.3, -0.25) is 9.10 Å². The normalized spacial score (nSPS) is 13.6. The maximum absolute atomic E-state index is 13.2. The molecular formula is C23H22N2O3S2. The number of benzene rings is 3. The Kier molecular flexibility index (Phi) is 5.83. The zero-order valence-corrected chi connectivity index (χ0v) is 18.2. The number of rotatable bonds is 5. The van der Waals surface area contributed by atoms with Crippen molar-refractivity contribution in [3.63, 3.8) is 0 Å². The van der Waals surface area contributed by atoms with Gasteiger partial charge >= 0.3 is 0 Å². The molecule has 0 radical (unpaired) electrons. The highest BCUT2D eigenvalue weighted by molar-refractivity contribution is 7.98.